The van der Waals surface area contributed by atoms with Crippen LogP contribution < -0.4 is 4.74 Å². The van der Waals surface area contributed by atoms with Crippen LogP contribution in [-0.2, 0) is 13.1 Å². The second-order valence-corrected chi connectivity index (χ2v) is 5.79. The van der Waals surface area contributed by atoms with Gasteiger partial charge in [-0.25, -0.2) is 0 Å². The van der Waals surface area contributed by atoms with Gasteiger partial charge in [0.25, 0.3) is 5.91 Å². The quantitative estimate of drug-likeness (QED) is 0.697. The molecule has 0 fully saturated rings. The number of aromatic nitrogens is 2. The molecule has 5 heteroatoms. The number of amides is 1. The zero-order valence-corrected chi connectivity index (χ0v) is 14.7. The van der Waals surface area contributed by atoms with Crippen LogP contribution in [0.5, 0.6) is 5.75 Å². The molecule has 0 atom stereocenters. The minimum atomic E-state index is 0.00759. The number of carbonyl (C=O) groups excluding carboxylic acids is 1. The third-order valence-electron chi connectivity index (χ3n) is 3.64. The third kappa shape index (κ3) is 4.72. The van der Waals surface area contributed by atoms with Crippen LogP contribution in [0.4, 0.5) is 0 Å². The Hall–Kier alpha value is -2.56. The summed E-state index contributed by atoms with van der Waals surface area (Å²) in [7, 11) is 0. The van der Waals surface area contributed by atoms with Gasteiger partial charge in [-0.3, -0.25) is 9.48 Å². The van der Waals surface area contributed by atoms with Gasteiger partial charge < -0.3 is 9.64 Å². The van der Waals surface area contributed by atoms with Gasteiger partial charge in [0, 0.05) is 37.0 Å². The summed E-state index contributed by atoms with van der Waals surface area (Å²) in [6.45, 7) is 12.2. The van der Waals surface area contributed by atoms with Crippen LogP contribution in [0.15, 0.2) is 48.8 Å². The van der Waals surface area contributed by atoms with Crippen molar-refractivity contribution in [1.29, 1.82) is 0 Å². The molecule has 1 heterocycles. The molecule has 0 bridgehead atoms. The molecule has 1 amide bonds. The zero-order valence-electron chi connectivity index (χ0n) is 14.7. The zero-order chi connectivity index (χ0) is 17.5. The van der Waals surface area contributed by atoms with Crippen LogP contribution in [0, 0.1) is 0 Å². The van der Waals surface area contributed by atoms with Crippen LogP contribution in [-0.4, -0.2) is 33.7 Å². The molecular weight excluding hydrogens is 302 g/mol. The third-order valence-corrected chi connectivity index (χ3v) is 3.64. The van der Waals surface area contributed by atoms with Crippen molar-refractivity contribution in [2.24, 2.45) is 0 Å². The lowest BCUT2D eigenvalue weighted by Gasteiger charge is -2.20. The van der Waals surface area contributed by atoms with Crippen LogP contribution in [0.2, 0.25) is 0 Å². The van der Waals surface area contributed by atoms with E-state index in [0.29, 0.717) is 25.3 Å². The first kappa shape index (κ1) is 17.8. The summed E-state index contributed by atoms with van der Waals surface area (Å²) in [4.78, 5) is 14.5. The van der Waals surface area contributed by atoms with E-state index in [1.807, 2.05) is 50.0 Å². The fraction of sp³-hybridized carbons (Fsp3) is 0.368. The van der Waals surface area contributed by atoms with E-state index in [1.165, 1.54) is 0 Å². The highest BCUT2D eigenvalue weighted by Crippen LogP contribution is 2.15. The van der Waals surface area contributed by atoms with Crippen molar-refractivity contribution in [1.82, 2.24) is 14.7 Å². The summed E-state index contributed by atoms with van der Waals surface area (Å²) < 4.78 is 7.43. The standard InChI is InChI=1S/C19H25N3O2/c1-5-21(12-16-11-20-22(6-2)13-16)19(23)17-7-9-18(10-8-17)24-14-15(3)4/h7-11,13H,3,5-6,12,14H2,1-2,4H3. The second-order valence-electron chi connectivity index (χ2n) is 5.79. The Bertz CT molecular complexity index is 689. The summed E-state index contributed by atoms with van der Waals surface area (Å²) in [5, 5.41) is 4.26. The van der Waals surface area contributed by atoms with E-state index in [1.54, 1.807) is 17.0 Å². The Balaban J connectivity index is 2.03. The van der Waals surface area contributed by atoms with Crippen molar-refractivity contribution in [2.45, 2.75) is 33.9 Å². The number of carbonyl (C=O) groups is 1. The molecule has 2 rings (SSSR count). The lowest BCUT2D eigenvalue weighted by atomic mass is 10.2. The van der Waals surface area contributed by atoms with Crippen molar-refractivity contribution < 1.29 is 9.53 Å². The van der Waals surface area contributed by atoms with Crippen molar-refractivity contribution >= 4 is 5.91 Å². The lowest BCUT2D eigenvalue weighted by Crippen LogP contribution is -2.30. The molecule has 0 aliphatic heterocycles. The molecule has 0 saturated carbocycles. The van der Waals surface area contributed by atoms with E-state index in [-0.39, 0.29) is 5.91 Å². The highest BCUT2D eigenvalue weighted by atomic mass is 16.5. The molecule has 0 spiro atoms. The van der Waals surface area contributed by atoms with Crippen molar-refractivity contribution in [3.05, 3.63) is 59.9 Å². The Labute approximate surface area is 143 Å². The average Bonchev–Trinajstić information content (AvgIpc) is 3.05. The first-order valence-corrected chi connectivity index (χ1v) is 8.21. The number of rotatable bonds is 8. The Kier molecular flexibility index (Phi) is 6.18. The number of hydrogen-bond acceptors (Lipinski definition) is 3. The van der Waals surface area contributed by atoms with E-state index in [9.17, 15) is 4.79 Å². The molecular formula is C19H25N3O2. The van der Waals surface area contributed by atoms with Crippen LogP contribution in [0.25, 0.3) is 0 Å². The van der Waals surface area contributed by atoms with E-state index in [2.05, 4.69) is 11.7 Å². The van der Waals surface area contributed by atoms with Crippen molar-refractivity contribution in [3.8, 4) is 5.75 Å². The van der Waals surface area contributed by atoms with Gasteiger partial charge in [0.2, 0.25) is 0 Å². The van der Waals surface area contributed by atoms with Crippen LogP contribution >= 0.6 is 0 Å². The Morgan fingerprint density at radius 3 is 2.54 bits per heavy atom. The van der Waals surface area contributed by atoms with E-state index >= 15 is 0 Å². The number of aryl methyl sites for hydroxylation is 1. The van der Waals surface area contributed by atoms with Gasteiger partial charge in [0.1, 0.15) is 12.4 Å². The monoisotopic (exact) mass is 327 g/mol. The highest BCUT2D eigenvalue weighted by molar-refractivity contribution is 5.94. The molecule has 0 radical (unpaired) electrons. The molecule has 128 valence electrons. The molecule has 1 aromatic heterocycles. The molecule has 0 N–H and O–H groups in total. The predicted octanol–water partition coefficient (Wildman–Crippen LogP) is 3.52. The van der Waals surface area contributed by atoms with Crippen LogP contribution in [0.1, 0.15) is 36.7 Å². The molecule has 0 aliphatic rings. The van der Waals surface area contributed by atoms with Crippen molar-refractivity contribution in [3.63, 3.8) is 0 Å². The Morgan fingerprint density at radius 1 is 1.29 bits per heavy atom. The number of benzene rings is 1. The summed E-state index contributed by atoms with van der Waals surface area (Å²) in [5.74, 6) is 0.745. The average molecular weight is 327 g/mol. The smallest absolute Gasteiger partial charge is 0.254 e. The topological polar surface area (TPSA) is 47.4 Å². The highest BCUT2D eigenvalue weighted by Gasteiger charge is 2.15. The number of ether oxygens (including phenoxy) is 1. The molecule has 0 aliphatic carbocycles. The van der Waals surface area contributed by atoms with E-state index in [0.717, 1.165) is 23.4 Å². The van der Waals surface area contributed by atoms with Gasteiger partial charge in [0.05, 0.1) is 6.20 Å². The molecule has 0 unspecified atom stereocenters. The minimum absolute atomic E-state index is 0.00759. The normalized spacial score (nSPS) is 10.5. The maximum Gasteiger partial charge on any atom is 0.254 e. The first-order valence-electron chi connectivity index (χ1n) is 8.21. The van der Waals surface area contributed by atoms with Gasteiger partial charge >= 0.3 is 0 Å². The fourth-order valence-corrected chi connectivity index (χ4v) is 2.29. The number of hydrogen-bond donors (Lipinski definition) is 0. The second kappa shape index (κ2) is 8.34. The van der Waals surface area contributed by atoms with Gasteiger partial charge in [-0.2, -0.15) is 5.10 Å². The minimum Gasteiger partial charge on any atom is -0.489 e. The Morgan fingerprint density at radius 2 is 2.00 bits per heavy atom. The molecule has 24 heavy (non-hydrogen) atoms. The molecule has 5 nitrogen and oxygen atoms in total. The summed E-state index contributed by atoms with van der Waals surface area (Å²) in [6.07, 6.45) is 3.79. The lowest BCUT2D eigenvalue weighted by molar-refractivity contribution is 0.0752. The van der Waals surface area contributed by atoms with Gasteiger partial charge in [-0.05, 0) is 50.6 Å². The molecule has 2 aromatic rings. The SMILES string of the molecule is C=C(C)COc1ccc(C(=O)N(CC)Cc2cnn(CC)c2)cc1. The van der Waals surface area contributed by atoms with Gasteiger partial charge in [-0.1, -0.05) is 6.58 Å². The maximum absolute atomic E-state index is 12.7. The van der Waals surface area contributed by atoms with Gasteiger partial charge in [0.15, 0.2) is 0 Å². The number of nitrogens with zero attached hydrogens (tertiary/aromatic N) is 3. The molecule has 1 aromatic carbocycles. The van der Waals surface area contributed by atoms with E-state index in [4.69, 9.17) is 4.74 Å². The predicted molar refractivity (Wildman–Crippen MR) is 95.1 cm³/mol. The van der Waals surface area contributed by atoms with Crippen LogP contribution in [0.3, 0.4) is 0 Å². The van der Waals surface area contributed by atoms with Gasteiger partial charge in [-0.15, -0.1) is 0 Å². The molecule has 0 saturated heterocycles. The largest absolute Gasteiger partial charge is 0.489 e. The summed E-state index contributed by atoms with van der Waals surface area (Å²) in [5.41, 5.74) is 2.65. The maximum atomic E-state index is 12.7. The van der Waals surface area contributed by atoms with E-state index < -0.39 is 0 Å². The van der Waals surface area contributed by atoms with Crippen molar-refractivity contribution in [2.75, 3.05) is 13.2 Å². The fourth-order valence-electron chi connectivity index (χ4n) is 2.29. The summed E-state index contributed by atoms with van der Waals surface area (Å²) >= 11 is 0. The summed E-state index contributed by atoms with van der Waals surface area (Å²) in [6, 6.07) is 7.24. The first-order chi connectivity index (χ1) is 11.5.